The molecule has 0 spiro atoms. The summed E-state index contributed by atoms with van der Waals surface area (Å²) in [4.78, 5) is 25.3. The van der Waals surface area contributed by atoms with E-state index in [9.17, 15) is 9.59 Å². The van der Waals surface area contributed by atoms with Crippen LogP contribution in [0.2, 0.25) is 0 Å². The Balaban J connectivity index is 1.37. The van der Waals surface area contributed by atoms with Gasteiger partial charge in [0, 0.05) is 17.3 Å². The van der Waals surface area contributed by atoms with Crippen molar-refractivity contribution in [1.82, 2.24) is 24.9 Å². The zero-order chi connectivity index (χ0) is 21.9. The second-order valence-electron chi connectivity index (χ2n) is 7.91. The fraction of sp³-hybridized carbons (Fsp3) is 0.200. The monoisotopic (exact) mass is 425 g/mol. The standard InChI is InChI=1S/C25H23N5O2/c31-24-15-14-22(28-30(24)19-10-5-2-6-11-19)25(32)27-21-12-7-13-23-20(21)16-26-29(23)17-18-8-3-1-4-9-18/h1-6,8-11,14-16,21H,7,12-13,17H2,(H,27,32). The smallest absolute Gasteiger partial charge is 0.272 e. The summed E-state index contributed by atoms with van der Waals surface area (Å²) in [5.41, 5.74) is 3.95. The Morgan fingerprint density at radius 3 is 2.53 bits per heavy atom. The van der Waals surface area contributed by atoms with Gasteiger partial charge in [0.05, 0.1) is 24.5 Å². The summed E-state index contributed by atoms with van der Waals surface area (Å²) < 4.78 is 3.27. The Morgan fingerprint density at radius 2 is 1.75 bits per heavy atom. The van der Waals surface area contributed by atoms with Crippen molar-refractivity contribution >= 4 is 5.91 Å². The van der Waals surface area contributed by atoms with E-state index < -0.39 is 0 Å². The van der Waals surface area contributed by atoms with E-state index in [1.807, 2.05) is 47.3 Å². The van der Waals surface area contributed by atoms with Crippen molar-refractivity contribution in [3.63, 3.8) is 0 Å². The molecule has 1 aliphatic rings. The summed E-state index contributed by atoms with van der Waals surface area (Å²) in [6.07, 6.45) is 4.61. The highest BCUT2D eigenvalue weighted by Gasteiger charge is 2.26. The Hall–Kier alpha value is -4.00. The molecule has 1 atom stereocenters. The van der Waals surface area contributed by atoms with Crippen molar-refractivity contribution in [2.24, 2.45) is 0 Å². The number of amides is 1. The van der Waals surface area contributed by atoms with Crippen LogP contribution in [0.3, 0.4) is 0 Å². The number of carbonyl (C=O) groups is 1. The molecule has 0 bridgehead atoms. The highest BCUT2D eigenvalue weighted by molar-refractivity contribution is 5.92. The van der Waals surface area contributed by atoms with Crippen molar-refractivity contribution in [1.29, 1.82) is 0 Å². The van der Waals surface area contributed by atoms with Crippen LogP contribution in [-0.4, -0.2) is 25.5 Å². The van der Waals surface area contributed by atoms with Gasteiger partial charge in [0.1, 0.15) is 5.69 Å². The summed E-state index contributed by atoms with van der Waals surface area (Å²) in [6.45, 7) is 0.709. The zero-order valence-electron chi connectivity index (χ0n) is 17.5. The number of nitrogens with zero attached hydrogens (tertiary/aromatic N) is 4. The van der Waals surface area contributed by atoms with Crippen LogP contribution < -0.4 is 10.9 Å². The van der Waals surface area contributed by atoms with E-state index in [1.165, 1.54) is 22.4 Å². The number of rotatable bonds is 5. The third-order valence-electron chi connectivity index (χ3n) is 5.78. The topological polar surface area (TPSA) is 81.8 Å². The number of nitrogens with one attached hydrogen (secondary N) is 1. The molecule has 2 heterocycles. The van der Waals surface area contributed by atoms with Gasteiger partial charge in [-0.3, -0.25) is 14.3 Å². The minimum absolute atomic E-state index is 0.130. The normalized spacial score (nSPS) is 15.2. The maximum Gasteiger partial charge on any atom is 0.272 e. The van der Waals surface area contributed by atoms with Crippen molar-refractivity contribution in [3.8, 4) is 5.69 Å². The molecule has 32 heavy (non-hydrogen) atoms. The number of fused-ring (bicyclic) bond motifs is 1. The lowest BCUT2D eigenvalue weighted by Gasteiger charge is -2.24. The molecule has 1 amide bonds. The van der Waals surface area contributed by atoms with E-state index in [-0.39, 0.29) is 23.2 Å². The van der Waals surface area contributed by atoms with Gasteiger partial charge in [0.25, 0.3) is 11.5 Å². The van der Waals surface area contributed by atoms with Gasteiger partial charge in [0.15, 0.2) is 0 Å². The van der Waals surface area contributed by atoms with Crippen LogP contribution in [0.5, 0.6) is 0 Å². The quantitative estimate of drug-likeness (QED) is 0.532. The molecule has 4 aromatic rings. The van der Waals surface area contributed by atoms with E-state index in [1.54, 1.807) is 12.1 Å². The van der Waals surface area contributed by atoms with E-state index in [4.69, 9.17) is 0 Å². The van der Waals surface area contributed by atoms with Crippen molar-refractivity contribution in [2.75, 3.05) is 0 Å². The fourth-order valence-corrected chi connectivity index (χ4v) is 4.18. The largest absolute Gasteiger partial charge is 0.344 e. The van der Waals surface area contributed by atoms with E-state index in [0.29, 0.717) is 12.2 Å². The lowest BCUT2D eigenvalue weighted by Crippen LogP contribution is -2.33. The summed E-state index contributed by atoms with van der Waals surface area (Å²) in [5.74, 6) is -0.302. The maximum atomic E-state index is 13.0. The first-order valence-corrected chi connectivity index (χ1v) is 10.7. The minimum Gasteiger partial charge on any atom is -0.344 e. The van der Waals surface area contributed by atoms with Crippen molar-refractivity contribution in [2.45, 2.75) is 31.8 Å². The zero-order valence-corrected chi connectivity index (χ0v) is 17.5. The van der Waals surface area contributed by atoms with Crippen LogP contribution in [0.4, 0.5) is 0 Å². The molecule has 7 nitrogen and oxygen atoms in total. The summed E-state index contributed by atoms with van der Waals surface area (Å²) in [6, 6.07) is 22.0. The number of para-hydroxylation sites is 1. The molecule has 2 aromatic heterocycles. The van der Waals surface area contributed by atoms with Crippen LogP contribution in [0.1, 0.15) is 46.2 Å². The molecule has 1 aliphatic carbocycles. The molecule has 5 rings (SSSR count). The average molecular weight is 425 g/mol. The van der Waals surface area contributed by atoms with Gasteiger partial charge in [-0.05, 0) is 43.0 Å². The fourth-order valence-electron chi connectivity index (χ4n) is 4.18. The number of carbonyl (C=O) groups excluding carboxylic acids is 1. The first kappa shape index (κ1) is 19.9. The number of hydrogen-bond donors (Lipinski definition) is 1. The third-order valence-corrected chi connectivity index (χ3v) is 5.78. The molecule has 1 N–H and O–H groups in total. The molecule has 2 aromatic carbocycles. The Bertz CT molecular complexity index is 1290. The summed E-state index contributed by atoms with van der Waals surface area (Å²) in [7, 11) is 0. The second-order valence-corrected chi connectivity index (χ2v) is 7.91. The highest BCUT2D eigenvalue weighted by atomic mass is 16.2. The predicted octanol–water partition coefficient (Wildman–Crippen LogP) is 3.28. The first-order valence-electron chi connectivity index (χ1n) is 10.7. The van der Waals surface area contributed by atoms with Gasteiger partial charge >= 0.3 is 0 Å². The van der Waals surface area contributed by atoms with Gasteiger partial charge in [-0.15, -0.1) is 0 Å². The molecular formula is C25H23N5O2. The number of hydrogen-bond acceptors (Lipinski definition) is 4. The second kappa shape index (κ2) is 8.63. The van der Waals surface area contributed by atoms with Crippen LogP contribution in [-0.2, 0) is 13.0 Å². The summed E-state index contributed by atoms with van der Waals surface area (Å²) in [5, 5.41) is 12.0. The highest BCUT2D eigenvalue weighted by Crippen LogP contribution is 2.30. The van der Waals surface area contributed by atoms with Gasteiger partial charge in [-0.25, -0.2) is 0 Å². The van der Waals surface area contributed by atoms with Gasteiger partial charge in [0.2, 0.25) is 0 Å². The SMILES string of the molecule is O=C(NC1CCCc2c1cnn2Cc1ccccc1)c1ccc(=O)n(-c2ccccc2)n1. The van der Waals surface area contributed by atoms with Gasteiger partial charge in [-0.1, -0.05) is 48.5 Å². The first-order chi connectivity index (χ1) is 15.7. The molecular weight excluding hydrogens is 402 g/mol. The minimum atomic E-state index is -0.302. The predicted molar refractivity (Wildman–Crippen MR) is 121 cm³/mol. The maximum absolute atomic E-state index is 13.0. The molecule has 160 valence electrons. The molecule has 1 unspecified atom stereocenters. The van der Waals surface area contributed by atoms with Crippen LogP contribution in [0.15, 0.2) is 83.8 Å². The lowest BCUT2D eigenvalue weighted by atomic mass is 9.92. The van der Waals surface area contributed by atoms with E-state index in [2.05, 4.69) is 27.6 Å². The Labute approximate surface area is 185 Å². The van der Waals surface area contributed by atoms with E-state index in [0.717, 1.165) is 30.5 Å². The molecule has 7 heteroatoms. The third kappa shape index (κ3) is 3.97. The number of aromatic nitrogens is 4. The Kier molecular flexibility index (Phi) is 5.37. The van der Waals surface area contributed by atoms with E-state index >= 15 is 0 Å². The summed E-state index contributed by atoms with van der Waals surface area (Å²) >= 11 is 0. The molecule has 0 saturated carbocycles. The van der Waals surface area contributed by atoms with Crippen LogP contribution >= 0.6 is 0 Å². The van der Waals surface area contributed by atoms with Crippen LogP contribution in [0, 0.1) is 0 Å². The van der Waals surface area contributed by atoms with Crippen LogP contribution in [0.25, 0.3) is 5.69 Å². The van der Waals surface area contributed by atoms with Gasteiger partial charge < -0.3 is 5.32 Å². The molecule has 0 radical (unpaired) electrons. The molecule has 0 fully saturated rings. The molecule has 0 saturated heterocycles. The lowest BCUT2D eigenvalue weighted by molar-refractivity contribution is 0.0925. The van der Waals surface area contributed by atoms with Crippen molar-refractivity contribution in [3.05, 3.63) is 112 Å². The Morgan fingerprint density at radius 1 is 1.00 bits per heavy atom. The number of benzene rings is 2. The molecule has 0 aliphatic heterocycles. The average Bonchev–Trinajstić information content (AvgIpc) is 3.24. The van der Waals surface area contributed by atoms with Crippen molar-refractivity contribution < 1.29 is 4.79 Å². The van der Waals surface area contributed by atoms with Gasteiger partial charge in [-0.2, -0.15) is 14.9 Å².